The van der Waals surface area contributed by atoms with Crippen molar-refractivity contribution in [3.8, 4) is 17.0 Å². The Morgan fingerprint density at radius 3 is 2.75 bits per heavy atom. The van der Waals surface area contributed by atoms with E-state index in [2.05, 4.69) is 9.97 Å². The molecule has 0 bridgehead atoms. The number of anilines is 1. The van der Waals surface area contributed by atoms with Gasteiger partial charge in [0.05, 0.1) is 18.9 Å². The summed E-state index contributed by atoms with van der Waals surface area (Å²) >= 11 is 5.94. The standard InChI is InChI=1S/C15H12ClN3O/c1-20-11-7-6-9-4-2-3-5-10(9)13(11)14-15(17)18-8-12(16)19-14/h2-8H,1H3,(H2,17,18). The van der Waals surface area contributed by atoms with Crippen LogP contribution in [0.15, 0.2) is 42.6 Å². The first-order valence-electron chi connectivity index (χ1n) is 6.05. The van der Waals surface area contributed by atoms with Crippen LogP contribution in [0.2, 0.25) is 5.15 Å². The molecule has 3 rings (SSSR count). The van der Waals surface area contributed by atoms with Crippen LogP contribution in [0, 0.1) is 0 Å². The van der Waals surface area contributed by atoms with Gasteiger partial charge in [0.25, 0.3) is 0 Å². The van der Waals surface area contributed by atoms with Crippen molar-refractivity contribution in [2.45, 2.75) is 0 Å². The third kappa shape index (κ3) is 2.04. The van der Waals surface area contributed by atoms with Gasteiger partial charge < -0.3 is 10.5 Å². The number of hydrogen-bond acceptors (Lipinski definition) is 4. The van der Waals surface area contributed by atoms with Crippen molar-refractivity contribution >= 4 is 28.2 Å². The zero-order chi connectivity index (χ0) is 14.1. The molecule has 0 saturated heterocycles. The van der Waals surface area contributed by atoms with Crippen LogP contribution in [0.4, 0.5) is 5.82 Å². The Morgan fingerprint density at radius 1 is 1.15 bits per heavy atom. The number of methoxy groups -OCH3 is 1. The third-order valence-corrected chi connectivity index (χ3v) is 3.30. The molecule has 0 aliphatic rings. The number of aromatic nitrogens is 2. The minimum atomic E-state index is 0.296. The van der Waals surface area contributed by atoms with Crippen LogP contribution in [0.1, 0.15) is 0 Å². The number of nitrogen functional groups attached to an aromatic ring is 1. The maximum atomic E-state index is 5.95. The molecule has 0 unspecified atom stereocenters. The van der Waals surface area contributed by atoms with E-state index in [0.717, 1.165) is 16.3 Å². The number of benzene rings is 2. The van der Waals surface area contributed by atoms with Crippen molar-refractivity contribution < 1.29 is 4.74 Å². The van der Waals surface area contributed by atoms with E-state index in [1.165, 1.54) is 6.20 Å². The molecular formula is C15H12ClN3O. The van der Waals surface area contributed by atoms with E-state index in [1.807, 2.05) is 36.4 Å². The molecule has 0 aliphatic heterocycles. The Kier molecular flexibility index (Phi) is 3.16. The molecule has 2 N–H and O–H groups in total. The summed E-state index contributed by atoms with van der Waals surface area (Å²) in [5.74, 6) is 1.01. The lowest BCUT2D eigenvalue weighted by molar-refractivity contribution is 0.417. The highest BCUT2D eigenvalue weighted by atomic mass is 35.5. The van der Waals surface area contributed by atoms with E-state index < -0.39 is 0 Å². The molecule has 4 nitrogen and oxygen atoms in total. The zero-order valence-corrected chi connectivity index (χ0v) is 11.6. The lowest BCUT2D eigenvalue weighted by Gasteiger charge is -2.13. The molecule has 0 spiro atoms. The summed E-state index contributed by atoms with van der Waals surface area (Å²) in [4.78, 5) is 8.36. The van der Waals surface area contributed by atoms with Crippen LogP contribution in [0.25, 0.3) is 22.0 Å². The summed E-state index contributed by atoms with van der Waals surface area (Å²) in [6.07, 6.45) is 1.43. The van der Waals surface area contributed by atoms with Crippen molar-refractivity contribution in [1.82, 2.24) is 9.97 Å². The van der Waals surface area contributed by atoms with Crippen LogP contribution in [-0.4, -0.2) is 17.1 Å². The molecule has 20 heavy (non-hydrogen) atoms. The summed E-state index contributed by atoms with van der Waals surface area (Å²) in [5.41, 5.74) is 7.29. The molecule has 0 fully saturated rings. The van der Waals surface area contributed by atoms with Gasteiger partial charge in [-0.05, 0) is 16.8 Å². The van der Waals surface area contributed by atoms with Crippen LogP contribution >= 0.6 is 11.6 Å². The molecule has 2 aromatic carbocycles. The van der Waals surface area contributed by atoms with E-state index in [-0.39, 0.29) is 0 Å². The quantitative estimate of drug-likeness (QED) is 0.782. The number of halogens is 1. The highest BCUT2D eigenvalue weighted by molar-refractivity contribution is 6.29. The van der Waals surface area contributed by atoms with E-state index in [4.69, 9.17) is 22.1 Å². The normalized spacial score (nSPS) is 10.7. The van der Waals surface area contributed by atoms with Crippen molar-refractivity contribution in [1.29, 1.82) is 0 Å². The van der Waals surface area contributed by atoms with E-state index in [0.29, 0.717) is 22.4 Å². The average molecular weight is 286 g/mol. The number of rotatable bonds is 2. The van der Waals surface area contributed by atoms with Crippen molar-refractivity contribution in [2.24, 2.45) is 0 Å². The second kappa shape index (κ2) is 4.98. The molecular weight excluding hydrogens is 274 g/mol. The Bertz CT molecular complexity index is 789. The Labute approximate surface area is 121 Å². The van der Waals surface area contributed by atoms with Crippen molar-refractivity contribution in [3.05, 3.63) is 47.7 Å². The number of fused-ring (bicyclic) bond motifs is 1. The monoisotopic (exact) mass is 285 g/mol. The summed E-state index contributed by atoms with van der Waals surface area (Å²) in [6, 6.07) is 11.8. The van der Waals surface area contributed by atoms with E-state index >= 15 is 0 Å². The number of nitrogens with two attached hydrogens (primary N) is 1. The first-order valence-corrected chi connectivity index (χ1v) is 6.42. The van der Waals surface area contributed by atoms with Crippen molar-refractivity contribution in [3.63, 3.8) is 0 Å². The minimum Gasteiger partial charge on any atom is -0.496 e. The smallest absolute Gasteiger partial charge is 0.150 e. The highest BCUT2D eigenvalue weighted by Gasteiger charge is 2.15. The maximum absolute atomic E-state index is 5.95. The molecule has 3 aromatic rings. The van der Waals surface area contributed by atoms with E-state index in [9.17, 15) is 0 Å². The van der Waals surface area contributed by atoms with Gasteiger partial charge in [0.2, 0.25) is 0 Å². The van der Waals surface area contributed by atoms with Gasteiger partial charge in [-0.2, -0.15) is 0 Å². The lowest BCUT2D eigenvalue weighted by atomic mass is 10.0. The van der Waals surface area contributed by atoms with Gasteiger partial charge in [-0.25, -0.2) is 9.97 Å². The second-order valence-electron chi connectivity index (χ2n) is 4.29. The van der Waals surface area contributed by atoms with Crippen LogP contribution in [-0.2, 0) is 0 Å². The Morgan fingerprint density at radius 2 is 1.95 bits per heavy atom. The maximum Gasteiger partial charge on any atom is 0.150 e. The summed E-state index contributed by atoms with van der Waals surface area (Å²) in [5, 5.41) is 2.36. The first kappa shape index (κ1) is 12.7. The van der Waals surface area contributed by atoms with Gasteiger partial charge in [-0.15, -0.1) is 0 Å². The molecule has 1 aromatic heterocycles. The molecule has 0 radical (unpaired) electrons. The topological polar surface area (TPSA) is 61.0 Å². The molecule has 0 aliphatic carbocycles. The van der Waals surface area contributed by atoms with Gasteiger partial charge in [-0.1, -0.05) is 41.9 Å². The van der Waals surface area contributed by atoms with Crippen LogP contribution in [0.5, 0.6) is 5.75 Å². The number of ether oxygens (including phenoxy) is 1. The SMILES string of the molecule is COc1ccc2ccccc2c1-c1nc(Cl)cnc1N. The van der Waals surface area contributed by atoms with Crippen molar-refractivity contribution in [2.75, 3.05) is 12.8 Å². The molecule has 0 atom stereocenters. The molecule has 5 heteroatoms. The summed E-state index contributed by atoms with van der Waals surface area (Å²) in [6.45, 7) is 0. The highest BCUT2D eigenvalue weighted by Crippen LogP contribution is 2.38. The molecule has 0 saturated carbocycles. The van der Waals surface area contributed by atoms with Crippen LogP contribution < -0.4 is 10.5 Å². The largest absolute Gasteiger partial charge is 0.496 e. The van der Waals surface area contributed by atoms with E-state index in [1.54, 1.807) is 7.11 Å². The Hall–Kier alpha value is -2.33. The first-order chi connectivity index (χ1) is 9.70. The van der Waals surface area contributed by atoms with Gasteiger partial charge in [0.15, 0.2) is 0 Å². The number of hydrogen-bond donors (Lipinski definition) is 1. The fourth-order valence-corrected chi connectivity index (χ4v) is 2.36. The fourth-order valence-electron chi connectivity index (χ4n) is 2.23. The third-order valence-electron chi connectivity index (χ3n) is 3.12. The predicted molar refractivity (Wildman–Crippen MR) is 80.9 cm³/mol. The molecule has 1 heterocycles. The number of nitrogens with zero attached hydrogens (tertiary/aromatic N) is 2. The van der Waals surface area contributed by atoms with Gasteiger partial charge in [0, 0.05) is 0 Å². The second-order valence-corrected chi connectivity index (χ2v) is 4.68. The zero-order valence-electron chi connectivity index (χ0n) is 10.8. The summed E-state index contributed by atoms with van der Waals surface area (Å²) in [7, 11) is 1.61. The minimum absolute atomic E-state index is 0.296. The lowest BCUT2D eigenvalue weighted by Crippen LogP contribution is -1.99. The van der Waals surface area contributed by atoms with Gasteiger partial charge >= 0.3 is 0 Å². The fraction of sp³-hybridized carbons (Fsp3) is 0.0667. The summed E-state index contributed by atoms with van der Waals surface area (Å²) < 4.78 is 5.44. The predicted octanol–water partition coefficient (Wildman–Crippen LogP) is 3.54. The average Bonchev–Trinajstić information content (AvgIpc) is 2.48. The van der Waals surface area contributed by atoms with Gasteiger partial charge in [-0.3, -0.25) is 0 Å². The Balaban J connectivity index is 2.41. The molecule has 100 valence electrons. The molecule has 0 amide bonds. The van der Waals surface area contributed by atoms with Crippen LogP contribution in [0.3, 0.4) is 0 Å². The van der Waals surface area contributed by atoms with Gasteiger partial charge in [0.1, 0.15) is 22.4 Å².